The third-order valence-corrected chi connectivity index (χ3v) is 3.69. The lowest BCUT2D eigenvalue weighted by Crippen LogP contribution is -2.24. The lowest BCUT2D eigenvalue weighted by atomic mass is 9.89. The van der Waals surface area contributed by atoms with Crippen LogP contribution in [0.1, 0.15) is 48.0 Å². The van der Waals surface area contributed by atoms with Crippen LogP contribution in [0.15, 0.2) is 24.3 Å². The van der Waals surface area contributed by atoms with Gasteiger partial charge in [0.2, 0.25) is 0 Å². The highest BCUT2D eigenvalue weighted by atomic mass is 35.5. The van der Waals surface area contributed by atoms with Gasteiger partial charge in [0.1, 0.15) is 0 Å². The average Bonchev–Trinajstić information content (AvgIpc) is 2.40. The van der Waals surface area contributed by atoms with Crippen molar-refractivity contribution in [3.8, 4) is 0 Å². The Hall–Kier alpha value is -1.06. The Labute approximate surface area is 120 Å². The zero-order valence-corrected chi connectivity index (χ0v) is 11.9. The van der Waals surface area contributed by atoms with Crippen LogP contribution in [0.2, 0.25) is 0 Å². The molecule has 2 N–H and O–H groups in total. The zero-order chi connectivity index (χ0) is 12.8. The first-order valence-corrected chi connectivity index (χ1v) is 6.78. The fourth-order valence-electron chi connectivity index (χ4n) is 2.58. The smallest absolute Gasteiger partial charge is 0.335 e. The lowest BCUT2D eigenvalue weighted by molar-refractivity contribution is 0.0697. The van der Waals surface area contributed by atoms with Crippen molar-refractivity contribution in [3.05, 3.63) is 35.4 Å². The van der Waals surface area contributed by atoms with E-state index >= 15 is 0 Å². The molecule has 0 heterocycles. The number of nitrogens with one attached hydrogen (secondary N) is 1. The number of carbonyl (C=O) groups is 1. The van der Waals surface area contributed by atoms with Crippen LogP contribution in [0.3, 0.4) is 0 Å². The monoisotopic (exact) mass is 283 g/mol. The Morgan fingerprint density at radius 1 is 1.16 bits per heavy atom. The van der Waals surface area contributed by atoms with Gasteiger partial charge in [0, 0.05) is 6.54 Å². The summed E-state index contributed by atoms with van der Waals surface area (Å²) in [5.41, 5.74) is 1.50. The Morgan fingerprint density at radius 3 is 2.37 bits per heavy atom. The molecule has 0 bridgehead atoms. The highest BCUT2D eigenvalue weighted by molar-refractivity contribution is 5.87. The molecule has 1 fully saturated rings. The van der Waals surface area contributed by atoms with Crippen LogP contribution in [0.5, 0.6) is 0 Å². The number of hydrogen-bond acceptors (Lipinski definition) is 2. The molecule has 1 saturated carbocycles. The first-order valence-electron chi connectivity index (χ1n) is 6.78. The van der Waals surface area contributed by atoms with E-state index in [0.29, 0.717) is 5.56 Å². The van der Waals surface area contributed by atoms with E-state index in [0.717, 1.165) is 24.6 Å². The third-order valence-electron chi connectivity index (χ3n) is 3.69. The summed E-state index contributed by atoms with van der Waals surface area (Å²) in [5, 5.41) is 12.3. The summed E-state index contributed by atoms with van der Waals surface area (Å²) in [4.78, 5) is 10.7. The number of rotatable bonds is 5. The van der Waals surface area contributed by atoms with Crippen LogP contribution in [-0.4, -0.2) is 17.6 Å². The van der Waals surface area contributed by atoms with E-state index in [9.17, 15) is 4.79 Å². The van der Waals surface area contributed by atoms with Crippen LogP contribution < -0.4 is 5.32 Å². The molecule has 0 aliphatic heterocycles. The molecule has 19 heavy (non-hydrogen) atoms. The number of carboxylic acids is 1. The van der Waals surface area contributed by atoms with Gasteiger partial charge >= 0.3 is 5.97 Å². The van der Waals surface area contributed by atoms with Crippen LogP contribution in [-0.2, 0) is 6.54 Å². The molecule has 2 rings (SSSR count). The maximum atomic E-state index is 10.7. The topological polar surface area (TPSA) is 49.3 Å². The molecular weight excluding hydrogens is 262 g/mol. The highest BCUT2D eigenvalue weighted by Crippen LogP contribution is 2.22. The van der Waals surface area contributed by atoms with E-state index in [1.807, 2.05) is 12.1 Å². The molecule has 106 valence electrons. The molecule has 1 aromatic carbocycles. The van der Waals surface area contributed by atoms with Crippen molar-refractivity contribution >= 4 is 18.4 Å². The Bertz CT molecular complexity index is 386. The molecule has 1 aromatic rings. The van der Waals surface area contributed by atoms with Crippen molar-refractivity contribution in [2.75, 3.05) is 6.54 Å². The van der Waals surface area contributed by atoms with Crippen LogP contribution >= 0.6 is 12.4 Å². The summed E-state index contributed by atoms with van der Waals surface area (Å²) < 4.78 is 0. The fourth-order valence-corrected chi connectivity index (χ4v) is 2.58. The molecule has 0 atom stereocenters. The van der Waals surface area contributed by atoms with Crippen molar-refractivity contribution in [2.24, 2.45) is 5.92 Å². The van der Waals surface area contributed by atoms with E-state index < -0.39 is 5.97 Å². The van der Waals surface area contributed by atoms with E-state index in [1.165, 1.54) is 32.1 Å². The van der Waals surface area contributed by atoms with Gasteiger partial charge in [-0.2, -0.15) is 0 Å². The number of benzene rings is 1. The van der Waals surface area contributed by atoms with E-state index in [2.05, 4.69) is 5.32 Å². The molecule has 1 aliphatic rings. The maximum Gasteiger partial charge on any atom is 0.335 e. The van der Waals surface area contributed by atoms with Gasteiger partial charge in [0.25, 0.3) is 0 Å². The molecule has 1 aliphatic carbocycles. The predicted octanol–water partition coefficient (Wildman–Crippen LogP) is 3.48. The molecular formula is C15H22ClNO2. The Balaban J connectivity index is 0.00000180. The van der Waals surface area contributed by atoms with Crippen molar-refractivity contribution in [3.63, 3.8) is 0 Å². The summed E-state index contributed by atoms with van der Waals surface area (Å²) in [6.45, 7) is 1.91. The largest absolute Gasteiger partial charge is 0.478 e. The number of aromatic carboxylic acids is 1. The minimum Gasteiger partial charge on any atom is -0.478 e. The molecule has 0 saturated heterocycles. The number of carboxylic acid groups (broad SMARTS) is 1. The normalized spacial score (nSPS) is 15.8. The molecule has 3 nitrogen and oxygen atoms in total. The van der Waals surface area contributed by atoms with Crippen LogP contribution in [0.4, 0.5) is 0 Å². The maximum absolute atomic E-state index is 10.7. The van der Waals surface area contributed by atoms with Crippen molar-refractivity contribution in [1.29, 1.82) is 0 Å². The SMILES string of the molecule is Cl.O=C(O)c1ccc(CNCC2CCCCC2)cc1. The summed E-state index contributed by atoms with van der Waals surface area (Å²) in [6.07, 6.45) is 6.85. The van der Waals surface area contributed by atoms with Crippen molar-refractivity contribution in [1.82, 2.24) is 5.32 Å². The van der Waals surface area contributed by atoms with Gasteiger partial charge in [0.05, 0.1) is 5.56 Å². The second-order valence-electron chi connectivity index (χ2n) is 5.14. The summed E-state index contributed by atoms with van der Waals surface area (Å²) >= 11 is 0. The second-order valence-corrected chi connectivity index (χ2v) is 5.14. The first-order chi connectivity index (χ1) is 8.75. The zero-order valence-electron chi connectivity index (χ0n) is 11.1. The standard InChI is InChI=1S/C15H21NO2.ClH/c17-15(18)14-8-6-13(7-9-14)11-16-10-12-4-2-1-3-5-12;/h6-9,12,16H,1-5,10-11H2,(H,17,18);1H. The van der Waals surface area contributed by atoms with Crippen molar-refractivity contribution < 1.29 is 9.90 Å². The third kappa shape index (κ3) is 5.21. The summed E-state index contributed by atoms with van der Waals surface area (Å²) in [6, 6.07) is 7.11. The minimum atomic E-state index is -0.864. The van der Waals surface area contributed by atoms with E-state index in [-0.39, 0.29) is 12.4 Å². The van der Waals surface area contributed by atoms with E-state index in [4.69, 9.17) is 5.11 Å². The van der Waals surface area contributed by atoms with E-state index in [1.54, 1.807) is 12.1 Å². The summed E-state index contributed by atoms with van der Waals surface area (Å²) in [5.74, 6) is -0.0336. The van der Waals surface area contributed by atoms with Crippen LogP contribution in [0, 0.1) is 5.92 Å². The molecule has 0 amide bonds. The molecule has 0 radical (unpaired) electrons. The minimum absolute atomic E-state index is 0. The molecule has 4 heteroatoms. The first kappa shape index (κ1) is 16.0. The van der Waals surface area contributed by atoms with Gasteiger partial charge in [-0.1, -0.05) is 31.4 Å². The molecule has 0 unspecified atom stereocenters. The van der Waals surface area contributed by atoms with Gasteiger partial charge in [0.15, 0.2) is 0 Å². The quantitative estimate of drug-likeness (QED) is 0.870. The van der Waals surface area contributed by atoms with Gasteiger partial charge in [-0.05, 0) is 43.0 Å². The van der Waals surface area contributed by atoms with Crippen LogP contribution in [0.25, 0.3) is 0 Å². The molecule has 0 spiro atoms. The van der Waals surface area contributed by atoms with Crippen molar-refractivity contribution in [2.45, 2.75) is 38.6 Å². The van der Waals surface area contributed by atoms with Gasteiger partial charge < -0.3 is 10.4 Å². The average molecular weight is 284 g/mol. The second kappa shape index (κ2) is 8.18. The molecule has 0 aromatic heterocycles. The fraction of sp³-hybridized carbons (Fsp3) is 0.533. The van der Waals surface area contributed by atoms with Gasteiger partial charge in [-0.3, -0.25) is 0 Å². The lowest BCUT2D eigenvalue weighted by Gasteiger charge is -2.21. The Morgan fingerprint density at radius 2 is 1.79 bits per heavy atom. The van der Waals surface area contributed by atoms with Gasteiger partial charge in [-0.25, -0.2) is 4.79 Å². The highest BCUT2D eigenvalue weighted by Gasteiger charge is 2.12. The predicted molar refractivity (Wildman–Crippen MR) is 78.9 cm³/mol. The number of halogens is 1. The summed E-state index contributed by atoms with van der Waals surface area (Å²) in [7, 11) is 0. The van der Waals surface area contributed by atoms with Gasteiger partial charge in [-0.15, -0.1) is 12.4 Å². The number of hydrogen-bond donors (Lipinski definition) is 2. The Kier molecular flexibility index (Phi) is 6.89.